The van der Waals surface area contributed by atoms with Gasteiger partial charge in [0.05, 0.1) is 23.9 Å². The molecule has 0 aliphatic carbocycles. The van der Waals surface area contributed by atoms with Gasteiger partial charge in [0.25, 0.3) is 0 Å². The number of aliphatic hydroxyl groups excluding tert-OH is 1. The standard InChI is InChI=1S/C31H34F3N5O3/c1-19-3-8-28-26(15-19)35-30(42-28)22-9-12-37(13-10-22)16-24(41)17-39-27-11-14-38(20(2)40)18-25(27)29(36-39)21-4-6-23(7-5-21)31(32,33)34/h3-8,15,22,24,41H,9-14,16-18H2,1-2H3. The Balaban J connectivity index is 1.14. The van der Waals surface area contributed by atoms with Crippen molar-refractivity contribution in [2.24, 2.45) is 0 Å². The number of benzene rings is 2. The maximum absolute atomic E-state index is 13.1. The van der Waals surface area contributed by atoms with Crippen LogP contribution in [0.25, 0.3) is 22.4 Å². The van der Waals surface area contributed by atoms with Crippen molar-refractivity contribution in [3.05, 3.63) is 70.7 Å². The van der Waals surface area contributed by atoms with Crippen LogP contribution in [0.1, 0.15) is 54.0 Å². The van der Waals surface area contributed by atoms with Gasteiger partial charge in [0.1, 0.15) is 5.52 Å². The lowest BCUT2D eigenvalue weighted by molar-refractivity contribution is -0.137. The van der Waals surface area contributed by atoms with E-state index in [0.29, 0.717) is 37.3 Å². The molecule has 0 bridgehead atoms. The van der Waals surface area contributed by atoms with Gasteiger partial charge in [0, 0.05) is 55.7 Å². The zero-order chi connectivity index (χ0) is 29.6. The second kappa shape index (κ2) is 11.2. The molecule has 2 aliphatic heterocycles. The van der Waals surface area contributed by atoms with Crippen LogP contribution in [0.2, 0.25) is 0 Å². The van der Waals surface area contributed by atoms with E-state index in [9.17, 15) is 23.1 Å². The van der Waals surface area contributed by atoms with Gasteiger partial charge in [-0.1, -0.05) is 18.2 Å². The van der Waals surface area contributed by atoms with Crippen molar-refractivity contribution in [2.45, 2.75) is 64.4 Å². The molecule has 11 heteroatoms. The van der Waals surface area contributed by atoms with Crippen LogP contribution in [0.5, 0.6) is 0 Å². The third-order valence-electron chi connectivity index (χ3n) is 8.41. The van der Waals surface area contributed by atoms with Crippen LogP contribution >= 0.6 is 0 Å². The summed E-state index contributed by atoms with van der Waals surface area (Å²) in [6.45, 7) is 6.75. The summed E-state index contributed by atoms with van der Waals surface area (Å²) >= 11 is 0. The van der Waals surface area contributed by atoms with Crippen molar-refractivity contribution in [1.29, 1.82) is 0 Å². The maximum Gasteiger partial charge on any atom is 0.416 e. The summed E-state index contributed by atoms with van der Waals surface area (Å²) in [4.78, 5) is 20.8. The predicted molar refractivity (Wildman–Crippen MR) is 151 cm³/mol. The minimum Gasteiger partial charge on any atom is -0.440 e. The summed E-state index contributed by atoms with van der Waals surface area (Å²) in [7, 11) is 0. The van der Waals surface area contributed by atoms with E-state index in [1.54, 1.807) is 9.58 Å². The molecule has 8 nitrogen and oxygen atoms in total. The van der Waals surface area contributed by atoms with Crippen molar-refractivity contribution < 1.29 is 27.5 Å². The second-order valence-electron chi connectivity index (χ2n) is 11.5. The van der Waals surface area contributed by atoms with Crippen LogP contribution in [-0.4, -0.2) is 67.9 Å². The van der Waals surface area contributed by atoms with Crippen molar-refractivity contribution in [1.82, 2.24) is 24.6 Å². The Morgan fingerprint density at radius 1 is 1.10 bits per heavy atom. The first-order valence-electron chi connectivity index (χ1n) is 14.3. The molecular formula is C31H34F3N5O3. The Bertz CT molecular complexity index is 1590. The number of aromatic nitrogens is 3. The number of carbonyl (C=O) groups is 1. The van der Waals surface area contributed by atoms with Crippen molar-refractivity contribution in [3.63, 3.8) is 0 Å². The number of rotatable bonds is 6. The summed E-state index contributed by atoms with van der Waals surface area (Å²) in [5.41, 5.74) is 4.93. The monoisotopic (exact) mass is 581 g/mol. The molecule has 4 heterocycles. The fraction of sp³-hybridized carbons (Fsp3) is 0.452. The molecule has 6 rings (SSSR count). The van der Waals surface area contributed by atoms with E-state index in [-0.39, 0.29) is 18.4 Å². The number of hydrogen-bond donors (Lipinski definition) is 1. The molecule has 1 saturated heterocycles. The van der Waals surface area contributed by atoms with E-state index in [0.717, 1.165) is 71.9 Å². The van der Waals surface area contributed by atoms with E-state index in [4.69, 9.17) is 14.5 Å². The molecule has 4 aromatic rings. The number of nitrogens with zero attached hydrogens (tertiary/aromatic N) is 5. The third kappa shape index (κ3) is 5.80. The molecule has 1 N–H and O–H groups in total. The summed E-state index contributed by atoms with van der Waals surface area (Å²) in [6.07, 6.45) is -2.79. The minimum absolute atomic E-state index is 0.0665. The molecule has 1 unspecified atom stereocenters. The van der Waals surface area contributed by atoms with Gasteiger partial charge < -0.3 is 19.3 Å². The number of halogens is 3. The number of β-amino-alcohol motifs (C(OH)–C–C–N with tert-alkyl or cyclic N) is 1. The SMILES string of the molecule is CC(=O)N1CCc2c(c(-c3ccc(C(F)(F)F)cc3)nn2CC(O)CN2CCC(c3nc4cc(C)ccc4o3)CC2)C1. The molecule has 2 aromatic carbocycles. The van der Waals surface area contributed by atoms with E-state index in [2.05, 4.69) is 4.90 Å². The van der Waals surface area contributed by atoms with E-state index < -0.39 is 17.8 Å². The fourth-order valence-corrected chi connectivity index (χ4v) is 6.11. The Kier molecular flexibility index (Phi) is 7.57. The minimum atomic E-state index is -4.43. The summed E-state index contributed by atoms with van der Waals surface area (Å²) in [5.74, 6) is 0.942. The molecule has 1 fully saturated rings. The highest BCUT2D eigenvalue weighted by molar-refractivity contribution is 5.75. The molecule has 2 aromatic heterocycles. The van der Waals surface area contributed by atoms with Gasteiger partial charge in [-0.3, -0.25) is 9.48 Å². The summed E-state index contributed by atoms with van der Waals surface area (Å²) < 4.78 is 47.2. The quantitative estimate of drug-likeness (QED) is 0.339. The molecule has 0 saturated carbocycles. The number of alkyl halides is 3. The van der Waals surface area contributed by atoms with Gasteiger partial charge in [-0.25, -0.2) is 4.98 Å². The predicted octanol–water partition coefficient (Wildman–Crippen LogP) is 5.16. The van der Waals surface area contributed by atoms with E-state index in [1.165, 1.54) is 19.1 Å². The van der Waals surface area contributed by atoms with Crippen molar-refractivity contribution in [2.75, 3.05) is 26.2 Å². The summed E-state index contributed by atoms with van der Waals surface area (Å²) in [6, 6.07) is 10.9. The molecule has 0 radical (unpaired) electrons. The number of fused-ring (bicyclic) bond motifs is 2. The van der Waals surface area contributed by atoms with Gasteiger partial charge in [-0.05, 0) is 62.7 Å². The molecule has 0 spiro atoms. The van der Waals surface area contributed by atoms with E-state index >= 15 is 0 Å². The number of amides is 1. The average Bonchev–Trinajstić information content (AvgIpc) is 3.54. The van der Waals surface area contributed by atoms with Gasteiger partial charge in [0.15, 0.2) is 11.5 Å². The van der Waals surface area contributed by atoms with Gasteiger partial charge in [-0.15, -0.1) is 0 Å². The van der Waals surface area contributed by atoms with Crippen LogP contribution in [-0.2, 0) is 30.5 Å². The van der Waals surface area contributed by atoms with Gasteiger partial charge in [-0.2, -0.15) is 18.3 Å². The number of oxazole rings is 1. The van der Waals surface area contributed by atoms with Gasteiger partial charge in [0.2, 0.25) is 5.91 Å². The zero-order valence-corrected chi connectivity index (χ0v) is 23.7. The largest absolute Gasteiger partial charge is 0.440 e. The summed E-state index contributed by atoms with van der Waals surface area (Å²) in [5, 5.41) is 15.8. The Hall–Kier alpha value is -3.70. The number of carbonyl (C=O) groups excluding carboxylic acids is 1. The molecule has 42 heavy (non-hydrogen) atoms. The van der Waals surface area contributed by atoms with Crippen molar-refractivity contribution in [3.8, 4) is 11.3 Å². The normalized spacial score (nSPS) is 17.5. The second-order valence-corrected chi connectivity index (χ2v) is 11.5. The number of piperidine rings is 1. The highest BCUT2D eigenvalue weighted by Gasteiger charge is 2.32. The lowest BCUT2D eigenvalue weighted by Gasteiger charge is -2.32. The zero-order valence-electron chi connectivity index (χ0n) is 23.7. The Morgan fingerprint density at radius 2 is 1.83 bits per heavy atom. The lowest BCUT2D eigenvalue weighted by Crippen LogP contribution is -2.40. The molecule has 1 atom stereocenters. The average molecular weight is 582 g/mol. The number of aliphatic hydroxyl groups is 1. The van der Waals surface area contributed by atoms with E-state index in [1.807, 2.05) is 25.1 Å². The van der Waals surface area contributed by atoms with Crippen LogP contribution in [0.3, 0.4) is 0 Å². The first-order chi connectivity index (χ1) is 20.0. The topological polar surface area (TPSA) is 87.6 Å². The molecule has 1 amide bonds. The van der Waals surface area contributed by atoms with Crippen LogP contribution in [0.15, 0.2) is 46.9 Å². The highest BCUT2D eigenvalue weighted by atomic mass is 19.4. The molecule has 2 aliphatic rings. The van der Waals surface area contributed by atoms with Crippen molar-refractivity contribution >= 4 is 17.0 Å². The Labute approximate surface area is 241 Å². The first-order valence-corrected chi connectivity index (χ1v) is 14.3. The molecule has 222 valence electrons. The number of likely N-dealkylation sites (tertiary alicyclic amines) is 1. The lowest BCUT2D eigenvalue weighted by atomic mass is 9.96. The highest BCUT2D eigenvalue weighted by Crippen LogP contribution is 2.34. The number of aryl methyl sites for hydroxylation is 1. The third-order valence-corrected chi connectivity index (χ3v) is 8.41. The van der Waals surface area contributed by atoms with Gasteiger partial charge >= 0.3 is 6.18 Å². The number of hydrogen-bond acceptors (Lipinski definition) is 6. The smallest absolute Gasteiger partial charge is 0.416 e. The first kappa shape index (κ1) is 28.4. The van der Waals surface area contributed by atoms with Crippen LogP contribution in [0, 0.1) is 6.92 Å². The maximum atomic E-state index is 13.1. The van der Waals surface area contributed by atoms with Crippen LogP contribution < -0.4 is 0 Å². The van der Waals surface area contributed by atoms with Crippen LogP contribution in [0.4, 0.5) is 13.2 Å². The molecular weight excluding hydrogens is 547 g/mol. The Morgan fingerprint density at radius 3 is 2.52 bits per heavy atom. The fourth-order valence-electron chi connectivity index (χ4n) is 6.11.